The van der Waals surface area contributed by atoms with Gasteiger partial charge in [-0.2, -0.15) is 0 Å². The lowest BCUT2D eigenvalue weighted by molar-refractivity contribution is -0.419. The summed E-state index contributed by atoms with van der Waals surface area (Å²) in [5, 5.41) is 10.5. The second kappa shape index (κ2) is 6.05. The maximum Gasteiger partial charge on any atom is 0.334 e. The van der Waals surface area contributed by atoms with E-state index in [1.54, 1.807) is 6.42 Å². The highest BCUT2D eigenvalue weighted by atomic mass is 16.6. The minimum Gasteiger partial charge on any atom is -0.462 e. The summed E-state index contributed by atoms with van der Waals surface area (Å²) in [6.07, 6.45) is 6.47. The molecule has 0 aromatic heterocycles. The third-order valence-corrected chi connectivity index (χ3v) is 2.15. The molecule has 1 radical (unpaired) electrons. The fourth-order valence-corrected chi connectivity index (χ4v) is 1.25. The highest BCUT2D eigenvalue weighted by Gasteiger charge is 2.19. The number of allylic oxidation sites excluding steroid dienone is 2. The smallest absolute Gasteiger partial charge is 0.334 e. The molecule has 0 bridgehead atoms. The van der Waals surface area contributed by atoms with Crippen molar-refractivity contribution in [1.29, 1.82) is 0 Å². The average Bonchev–Trinajstić information content (AvgIpc) is 2.29. The molecule has 0 fully saturated rings. The van der Waals surface area contributed by atoms with Crippen LogP contribution in [0.2, 0.25) is 0 Å². The van der Waals surface area contributed by atoms with Gasteiger partial charge < -0.3 is 4.74 Å². The van der Waals surface area contributed by atoms with Crippen molar-refractivity contribution in [3.63, 3.8) is 0 Å². The van der Waals surface area contributed by atoms with Crippen molar-refractivity contribution >= 4 is 5.97 Å². The van der Waals surface area contributed by atoms with Gasteiger partial charge in [-0.1, -0.05) is 13.3 Å². The van der Waals surface area contributed by atoms with Crippen LogP contribution in [0.4, 0.5) is 0 Å². The first kappa shape index (κ1) is 12.4. The van der Waals surface area contributed by atoms with E-state index in [9.17, 15) is 14.9 Å². The Kier molecular flexibility index (Phi) is 4.69. The summed E-state index contributed by atoms with van der Waals surface area (Å²) in [5.74, 6) is -0.485. The average molecular weight is 224 g/mol. The summed E-state index contributed by atoms with van der Waals surface area (Å²) >= 11 is 0. The highest BCUT2D eigenvalue weighted by Crippen LogP contribution is 2.17. The lowest BCUT2D eigenvalue weighted by Crippen LogP contribution is -2.13. The molecule has 87 valence electrons. The van der Waals surface area contributed by atoms with Gasteiger partial charge in [0.2, 0.25) is 0 Å². The molecule has 0 atom stereocenters. The van der Waals surface area contributed by atoms with Crippen molar-refractivity contribution in [1.82, 2.24) is 0 Å². The SMILES string of the molecule is CCCCOC(=O)C1=CC([N+](=O)[O-])=CC[CH]1. The van der Waals surface area contributed by atoms with E-state index in [2.05, 4.69) is 0 Å². The molecule has 16 heavy (non-hydrogen) atoms. The Bertz CT molecular complexity index is 344. The van der Waals surface area contributed by atoms with Crippen LogP contribution in [-0.4, -0.2) is 17.5 Å². The van der Waals surface area contributed by atoms with Crippen LogP contribution in [0.15, 0.2) is 23.4 Å². The molecule has 0 aromatic carbocycles. The van der Waals surface area contributed by atoms with Gasteiger partial charge in [-0.3, -0.25) is 10.1 Å². The van der Waals surface area contributed by atoms with Gasteiger partial charge in [0.15, 0.2) is 0 Å². The van der Waals surface area contributed by atoms with Crippen molar-refractivity contribution in [2.24, 2.45) is 0 Å². The molecule has 0 unspecified atom stereocenters. The molecule has 0 spiro atoms. The van der Waals surface area contributed by atoms with Gasteiger partial charge in [0.1, 0.15) is 0 Å². The molecule has 0 saturated heterocycles. The van der Waals surface area contributed by atoms with E-state index in [0.29, 0.717) is 13.0 Å². The zero-order valence-corrected chi connectivity index (χ0v) is 9.14. The van der Waals surface area contributed by atoms with E-state index in [1.165, 1.54) is 12.2 Å². The Labute approximate surface area is 93.9 Å². The summed E-state index contributed by atoms with van der Waals surface area (Å²) in [6, 6.07) is 0. The van der Waals surface area contributed by atoms with E-state index < -0.39 is 10.9 Å². The van der Waals surface area contributed by atoms with Gasteiger partial charge >= 0.3 is 5.97 Å². The molecule has 1 aliphatic rings. The van der Waals surface area contributed by atoms with Gasteiger partial charge in [0.05, 0.1) is 11.5 Å². The molecule has 5 nitrogen and oxygen atoms in total. The number of unbranched alkanes of at least 4 members (excludes halogenated alkanes) is 1. The molecule has 0 amide bonds. The maximum atomic E-state index is 11.5. The monoisotopic (exact) mass is 224 g/mol. The molecule has 0 saturated carbocycles. The van der Waals surface area contributed by atoms with Crippen LogP contribution in [0.5, 0.6) is 0 Å². The van der Waals surface area contributed by atoms with Crippen molar-refractivity contribution in [3.05, 3.63) is 40.0 Å². The van der Waals surface area contributed by atoms with Gasteiger partial charge in [0, 0.05) is 18.1 Å². The minimum absolute atomic E-state index is 0.0510. The van der Waals surface area contributed by atoms with E-state index in [-0.39, 0.29) is 11.3 Å². The first-order chi connectivity index (χ1) is 7.65. The second-order valence-electron chi connectivity index (χ2n) is 3.42. The van der Waals surface area contributed by atoms with Gasteiger partial charge in [-0.05, 0) is 18.9 Å². The minimum atomic E-state index is -0.508. The number of carbonyl (C=O) groups is 1. The summed E-state index contributed by atoms with van der Waals surface area (Å²) in [4.78, 5) is 21.5. The van der Waals surface area contributed by atoms with Crippen molar-refractivity contribution < 1.29 is 14.5 Å². The van der Waals surface area contributed by atoms with Crippen LogP contribution in [0.1, 0.15) is 26.2 Å². The lowest BCUT2D eigenvalue weighted by Gasteiger charge is -2.09. The number of esters is 1. The maximum absolute atomic E-state index is 11.5. The topological polar surface area (TPSA) is 69.4 Å². The van der Waals surface area contributed by atoms with Gasteiger partial charge in [0.25, 0.3) is 5.70 Å². The Morgan fingerprint density at radius 1 is 1.62 bits per heavy atom. The standard InChI is InChI=1S/C11H14NO4/c1-2-3-7-16-11(13)9-5-4-6-10(8-9)12(14)15/h5-6,8H,2-4,7H2,1H3. The van der Waals surface area contributed by atoms with Crippen molar-refractivity contribution in [2.45, 2.75) is 26.2 Å². The summed E-state index contributed by atoms with van der Waals surface area (Å²) in [7, 11) is 0. The Hall–Kier alpha value is -1.65. The fraction of sp³-hybridized carbons (Fsp3) is 0.455. The first-order valence-corrected chi connectivity index (χ1v) is 5.21. The van der Waals surface area contributed by atoms with E-state index in [1.807, 2.05) is 6.92 Å². The summed E-state index contributed by atoms with van der Waals surface area (Å²) in [6.45, 7) is 2.35. The van der Waals surface area contributed by atoms with Crippen molar-refractivity contribution in [3.8, 4) is 0 Å². The van der Waals surface area contributed by atoms with Crippen LogP contribution in [0, 0.1) is 16.5 Å². The summed E-state index contributed by atoms with van der Waals surface area (Å²) in [5.41, 5.74) is 0.218. The third kappa shape index (κ3) is 3.49. The zero-order valence-electron chi connectivity index (χ0n) is 9.14. The molecular weight excluding hydrogens is 210 g/mol. The molecule has 1 rings (SSSR count). The van der Waals surface area contributed by atoms with Crippen LogP contribution < -0.4 is 0 Å². The number of rotatable bonds is 5. The van der Waals surface area contributed by atoms with E-state index >= 15 is 0 Å². The predicted molar refractivity (Wildman–Crippen MR) is 57.9 cm³/mol. The van der Waals surface area contributed by atoms with Crippen molar-refractivity contribution in [2.75, 3.05) is 6.61 Å². The largest absolute Gasteiger partial charge is 0.462 e. The first-order valence-electron chi connectivity index (χ1n) is 5.21. The Morgan fingerprint density at radius 3 is 3.00 bits per heavy atom. The van der Waals surface area contributed by atoms with E-state index in [4.69, 9.17) is 4.74 Å². The molecule has 0 N–H and O–H groups in total. The number of ether oxygens (including phenoxy) is 1. The number of hydrogen-bond donors (Lipinski definition) is 0. The fourth-order valence-electron chi connectivity index (χ4n) is 1.25. The Balaban J connectivity index is 2.56. The van der Waals surface area contributed by atoms with Crippen LogP contribution in [0.25, 0.3) is 0 Å². The summed E-state index contributed by atoms with van der Waals surface area (Å²) < 4.78 is 4.96. The predicted octanol–water partition coefficient (Wildman–Crippen LogP) is 2.02. The van der Waals surface area contributed by atoms with Gasteiger partial charge in [-0.15, -0.1) is 0 Å². The van der Waals surface area contributed by atoms with Gasteiger partial charge in [-0.25, -0.2) is 4.79 Å². The van der Waals surface area contributed by atoms with Crippen LogP contribution in [-0.2, 0) is 9.53 Å². The third-order valence-electron chi connectivity index (χ3n) is 2.15. The number of nitrogens with zero attached hydrogens (tertiary/aromatic N) is 1. The molecular formula is C11H14NO4. The number of hydrogen-bond acceptors (Lipinski definition) is 4. The zero-order chi connectivity index (χ0) is 12.0. The molecule has 5 heteroatoms. The molecule has 0 aliphatic heterocycles. The normalized spacial score (nSPS) is 15.1. The number of carbonyl (C=O) groups excluding carboxylic acids is 1. The lowest BCUT2D eigenvalue weighted by atomic mass is 10.0. The highest BCUT2D eigenvalue weighted by molar-refractivity contribution is 5.91. The second-order valence-corrected chi connectivity index (χ2v) is 3.42. The van der Waals surface area contributed by atoms with Crippen LogP contribution in [0.3, 0.4) is 0 Å². The number of nitro groups is 1. The molecule has 0 aromatic rings. The van der Waals surface area contributed by atoms with E-state index in [0.717, 1.165) is 12.8 Å². The quantitative estimate of drug-likeness (QED) is 0.310. The Morgan fingerprint density at radius 2 is 2.38 bits per heavy atom. The van der Waals surface area contributed by atoms with Crippen LogP contribution >= 0.6 is 0 Å². The molecule has 1 aliphatic carbocycles. The molecule has 0 heterocycles.